The molecule has 4 aliphatic rings. The van der Waals surface area contributed by atoms with Gasteiger partial charge < -0.3 is 24.8 Å². The van der Waals surface area contributed by atoms with E-state index in [1.807, 2.05) is 0 Å². The van der Waals surface area contributed by atoms with E-state index in [2.05, 4.69) is 173 Å². The maximum absolute atomic E-state index is 2.75. The van der Waals surface area contributed by atoms with E-state index in [9.17, 15) is 0 Å². The third-order valence-corrected chi connectivity index (χ3v) is 21.9. The molecule has 1 unspecified atom stereocenters. The Morgan fingerprint density at radius 2 is 1.17 bits per heavy atom. The average Bonchev–Trinajstić information content (AvgIpc) is 3.73. The van der Waals surface area contributed by atoms with Crippen LogP contribution < -0.4 is 24.8 Å². The fourth-order valence-corrected chi connectivity index (χ4v) is 19.1. The normalized spacial score (nSPS) is 18.5. The minimum Gasteiger partial charge on any atom is -1.00 e. The predicted octanol–water partition coefficient (Wildman–Crippen LogP) is 7.60. The summed E-state index contributed by atoms with van der Waals surface area (Å²) in [7, 11) is 0. The second kappa shape index (κ2) is 14.6. The molecule has 0 bridgehead atoms. The Morgan fingerprint density at radius 1 is 0.648 bits per heavy atom. The Labute approximate surface area is 345 Å². The molecule has 0 aliphatic heterocycles. The van der Waals surface area contributed by atoms with Crippen LogP contribution in [0.25, 0.3) is 22.3 Å². The minimum absolute atomic E-state index is 0. The Bertz CT molecular complexity index is 2260. The Morgan fingerprint density at radius 3 is 1.69 bits per heavy atom. The number of aryl methyl sites for hydroxylation is 2. The SMILES string of the molecule is CC1=CCC(C)(C)c2cc3c(cc21)-c1cc2c(cc1C3)C(C)(C)[CH]([Zr+2]([C]1=CC(C(C)(C)C)=CC1)=[C](c1ccc(C)cc1)c1ccc(C)cc1)C=C2C.[Cl-].[Cl-]. The molecule has 4 aliphatic carbocycles. The van der Waals surface area contributed by atoms with Crippen LogP contribution >= 0.6 is 0 Å². The van der Waals surface area contributed by atoms with Crippen molar-refractivity contribution in [2.75, 3.05) is 0 Å². The molecule has 4 aromatic carbocycles. The molecule has 4 aromatic rings. The molecule has 8 rings (SSSR count). The van der Waals surface area contributed by atoms with Gasteiger partial charge in [-0.3, -0.25) is 0 Å². The van der Waals surface area contributed by atoms with Gasteiger partial charge in [0.05, 0.1) is 0 Å². The maximum atomic E-state index is 2.75. The van der Waals surface area contributed by atoms with Crippen LogP contribution in [0.2, 0.25) is 3.63 Å². The van der Waals surface area contributed by atoms with Crippen LogP contribution in [-0.2, 0) is 38.5 Å². The van der Waals surface area contributed by atoms with Crippen LogP contribution in [0.1, 0.15) is 131 Å². The van der Waals surface area contributed by atoms with E-state index >= 15 is 0 Å². The van der Waals surface area contributed by atoms with Gasteiger partial charge in [-0.15, -0.1) is 0 Å². The third-order valence-electron chi connectivity index (χ3n) is 12.9. The molecule has 0 amide bonds. The Kier molecular flexibility index (Phi) is 11.0. The monoisotopic (exact) mass is 828 g/mol. The quantitative estimate of drug-likeness (QED) is 0.175. The topological polar surface area (TPSA) is 0 Å². The van der Waals surface area contributed by atoms with E-state index < -0.39 is 21.3 Å². The summed E-state index contributed by atoms with van der Waals surface area (Å²) >= 11 is -2.75. The van der Waals surface area contributed by atoms with Crippen LogP contribution in [0.3, 0.4) is 0 Å². The van der Waals surface area contributed by atoms with E-state index in [4.69, 9.17) is 0 Å². The molecule has 0 heterocycles. The van der Waals surface area contributed by atoms with Gasteiger partial charge in [-0.05, 0) is 0 Å². The standard InChI is InChI=1S/C27H29.C15H14.C9H13.2ClH.Zr/c1-16-7-9-26(3,4)24-12-18-11-19-13-25-21(17(2)8-10-27(25,5)6)15-23(19)22(18)14-20(16)24;1-12-3-7-14(8-4-12)11-15-9-5-13(2)6-10-15;1-9(2,3)8-6-4-5-7-8;;;/h7-9,12-15H,10-11H2,1-6H3;3-10H,1-2H3;6-7H,4H2,1-3H3;2*1H;/q;;;;;+2/p-2. The number of allylic oxidation sites excluding steroid dienone is 8. The second-order valence-corrected chi connectivity index (χ2v) is 25.0. The van der Waals surface area contributed by atoms with Crippen molar-refractivity contribution in [2.45, 2.75) is 110 Å². The molecule has 1 atom stereocenters. The minimum atomic E-state index is -2.75. The van der Waals surface area contributed by atoms with Crippen LogP contribution in [0.5, 0.6) is 0 Å². The van der Waals surface area contributed by atoms with Gasteiger partial charge in [0.1, 0.15) is 0 Å². The molecule has 0 fully saturated rings. The van der Waals surface area contributed by atoms with Gasteiger partial charge >= 0.3 is 324 Å². The Balaban J connectivity index is 0.00000249. The molecule has 0 N–H and O–H groups in total. The molecule has 0 saturated carbocycles. The van der Waals surface area contributed by atoms with Crippen molar-refractivity contribution < 1.29 is 46.1 Å². The first-order valence-corrected chi connectivity index (χ1v) is 23.4. The molecule has 54 heavy (non-hydrogen) atoms. The van der Waals surface area contributed by atoms with Gasteiger partial charge in [-0.25, -0.2) is 0 Å². The zero-order valence-electron chi connectivity index (χ0n) is 34.2. The van der Waals surface area contributed by atoms with Crippen molar-refractivity contribution in [2.24, 2.45) is 5.41 Å². The number of fused-ring (bicyclic) bond motifs is 5. The molecule has 0 saturated heterocycles. The van der Waals surface area contributed by atoms with Crippen LogP contribution in [0, 0.1) is 19.3 Å². The summed E-state index contributed by atoms with van der Waals surface area (Å²) in [5.41, 5.74) is 22.1. The zero-order valence-corrected chi connectivity index (χ0v) is 38.2. The van der Waals surface area contributed by atoms with Crippen LogP contribution in [-0.4, -0.2) is 3.21 Å². The maximum Gasteiger partial charge on any atom is -1.00 e. The van der Waals surface area contributed by atoms with Crippen molar-refractivity contribution in [3.05, 3.63) is 162 Å². The van der Waals surface area contributed by atoms with Gasteiger partial charge in [-0.1, -0.05) is 0 Å². The van der Waals surface area contributed by atoms with Crippen molar-refractivity contribution in [3.63, 3.8) is 0 Å². The van der Waals surface area contributed by atoms with Crippen LogP contribution in [0.15, 0.2) is 106 Å². The number of hydrogen-bond donors (Lipinski definition) is 0. The fraction of sp³-hybridized carbons (Fsp3) is 0.353. The molecule has 278 valence electrons. The summed E-state index contributed by atoms with van der Waals surface area (Å²) in [5, 5.41) is 0. The molecular formula is C51H56Cl2Zr. The number of benzene rings is 4. The number of hydrogen-bond acceptors (Lipinski definition) is 0. The fourth-order valence-electron chi connectivity index (χ4n) is 9.49. The molecule has 0 spiro atoms. The smallest absolute Gasteiger partial charge is 1.00 e. The summed E-state index contributed by atoms with van der Waals surface area (Å²) in [6.07, 6.45) is 13.7. The predicted molar refractivity (Wildman–Crippen MR) is 222 cm³/mol. The summed E-state index contributed by atoms with van der Waals surface area (Å²) in [6, 6.07) is 29.3. The first-order valence-electron chi connectivity index (χ1n) is 19.5. The van der Waals surface area contributed by atoms with E-state index in [1.165, 1.54) is 77.9 Å². The second-order valence-electron chi connectivity index (χ2n) is 18.6. The van der Waals surface area contributed by atoms with Crippen LogP contribution in [0.4, 0.5) is 0 Å². The third kappa shape index (κ3) is 6.95. The summed E-state index contributed by atoms with van der Waals surface area (Å²) in [6.45, 7) is 26.3. The number of rotatable bonds is 4. The van der Waals surface area contributed by atoms with E-state index in [0.717, 1.165) is 19.3 Å². The van der Waals surface area contributed by atoms with Gasteiger partial charge in [0.25, 0.3) is 0 Å². The van der Waals surface area contributed by atoms with E-state index in [-0.39, 0.29) is 41.1 Å². The molecule has 0 radical (unpaired) electrons. The first-order chi connectivity index (χ1) is 24.5. The first kappa shape index (κ1) is 40.8. The summed E-state index contributed by atoms with van der Waals surface area (Å²) < 4.78 is 3.86. The van der Waals surface area contributed by atoms with E-state index in [0.29, 0.717) is 3.63 Å². The largest absolute Gasteiger partial charge is 1.00 e. The summed E-state index contributed by atoms with van der Waals surface area (Å²) in [5.74, 6) is 0. The molecular weight excluding hydrogens is 775 g/mol. The molecule has 0 aromatic heterocycles. The molecule has 3 heteroatoms. The number of halogens is 2. The van der Waals surface area contributed by atoms with Crippen molar-refractivity contribution >= 4 is 14.4 Å². The van der Waals surface area contributed by atoms with Crippen molar-refractivity contribution in [1.82, 2.24) is 0 Å². The zero-order chi connectivity index (χ0) is 36.9. The summed E-state index contributed by atoms with van der Waals surface area (Å²) in [4.78, 5) is 0. The molecule has 0 nitrogen and oxygen atoms in total. The van der Waals surface area contributed by atoms with Crippen molar-refractivity contribution in [3.8, 4) is 11.1 Å². The van der Waals surface area contributed by atoms with Gasteiger partial charge in [0, 0.05) is 0 Å². The van der Waals surface area contributed by atoms with Gasteiger partial charge in [-0.2, -0.15) is 0 Å². The van der Waals surface area contributed by atoms with Crippen molar-refractivity contribution in [1.29, 1.82) is 0 Å². The average molecular weight is 831 g/mol. The van der Waals surface area contributed by atoms with E-state index in [1.54, 1.807) is 12.1 Å². The van der Waals surface area contributed by atoms with Gasteiger partial charge in [0.15, 0.2) is 0 Å². The van der Waals surface area contributed by atoms with Gasteiger partial charge in [0.2, 0.25) is 0 Å². The Hall–Kier alpha value is -2.83.